The summed E-state index contributed by atoms with van der Waals surface area (Å²) in [5.74, 6) is 1.40. The number of benzene rings is 3. The maximum atomic E-state index is 13.1. The van der Waals surface area contributed by atoms with Gasteiger partial charge >= 0.3 is 0 Å². The highest BCUT2D eigenvalue weighted by Crippen LogP contribution is 2.32. The van der Waals surface area contributed by atoms with Gasteiger partial charge in [0.05, 0.1) is 19.1 Å². The van der Waals surface area contributed by atoms with E-state index in [-0.39, 0.29) is 11.2 Å². The summed E-state index contributed by atoms with van der Waals surface area (Å²) in [6.07, 6.45) is 0.704. The molecule has 0 saturated heterocycles. The van der Waals surface area contributed by atoms with Crippen LogP contribution in [0, 0.1) is 0 Å². The highest BCUT2D eigenvalue weighted by molar-refractivity contribution is 5.82. The average molecular weight is 372 g/mol. The summed E-state index contributed by atoms with van der Waals surface area (Å²) in [4.78, 5) is 13.1. The molecular formula is C24H20O4. The zero-order valence-corrected chi connectivity index (χ0v) is 15.6. The molecule has 4 aromatic rings. The standard InChI is InChI=1S/C24H20O4/c1-26-19-13-11-18(12-14-19)23-24(27-16-15-17-7-3-2-4-8-17)22(25)20-9-5-6-10-21(20)28-23/h2-14H,15-16H2,1H3. The van der Waals surface area contributed by atoms with Crippen LogP contribution in [-0.4, -0.2) is 13.7 Å². The Hall–Kier alpha value is -3.53. The van der Waals surface area contributed by atoms with Crippen LogP contribution in [0.1, 0.15) is 5.56 Å². The van der Waals surface area contributed by atoms with E-state index in [1.54, 1.807) is 19.2 Å². The number of hydrogen-bond acceptors (Lipinski definition) is 4. The van der Waals surface area contributed by atoms with Gasteiger partial charge in [0.15, 0.2) is 5.76 Å². The van der Waals surface area contributed by atoms with Gasteiger partial charge < -0.3 is 13.9 Å². The Labute approximate surface area is 163 Å². The molecule has 0 aliphatic rings. The summed E-state index contributed by atoms with van der Waals surface area (Å²) in [6.45, 7) is 0.385. The SMILES string of the molecule is COc1ccc(-c2oc3ccccc3c(=O)c2OCCc2ccccc2)cc1. The Morgan fingerprint density at radius 1 is 0.857 bits per heavy atom. The molecule has 28 heavy (non-hydrogen) atoms. The molecule has 0 atom stereocenters. The fraction of sp³-hybridized carbons (Fsp3) is 0.125. The van der Waals surface area contributed by atoms with Crippen LogP contribution in [0.2, 0.25) is 0 Å². The second kappa shape index (κ2) is 8.01. The van der Waals surface area contributed by atoms with E-state index in [2.05, 4.69) is 0 Å². The molecule has 0 unspecified atom stereocenters. The van der Waals surface area contributed by atoms with Gasteiger partial charge in [-0.1, -0.05) is 42.5 Å². The zero-order chi connectivity index (χ0) is 19.3. The van der Waals surface area contributed by atoms with Crippen molar-refractivity contribution in [3.63, 3.8) is 0 Å². The fourth-order valence-electron chi connectivity index (χ4n) is 3.10. The maximum absolute atomic E-state index is 13.1. The first kappa shape index (κ1) is 17.9. The number of rotatable bonds is 6. The minimum Gasteiger partial charge on any atom is -0.497 e. The number of methoxy groups -OCH3 is 1. The summed E-state index contributed by atoms with van der Waals surface area (Å²) in [7, 11) is 1.61. The Morgan fingerprint density at radius 2 is 1.57 bits per heavy atom. The smallest absolute Gasteiger partial charge is 0.235 e. The Kier molecular flexibility index (Phi) is 5.11. The Balaban J connectivity index is 1.73. The summed E-state index contributed by atoms with van der Waals surface area (Å²) in [5, 5.41) is 0.509. The first-order valence-electron chi connectivity index (χ1n) is 9.13. The van der Waals surface area contributed by atoms with Gasteiger partial charge in [0, 0.05) is 12.0 Å². The molecule has 4 nitrogen and oxygen atoms in total. The van der Waals surface area contributed by atoms with Gasteiger partial charge in [0.2, 0.25) is 11.2 Å². The molecule has 0 N–H and O–H groups in total. The number of para-hydroxylation sites is 1. The summed E-state index contributed by atoms with van der Waals surface area (Å²) < 4.78 is 17.2. The predicted molar refractivity (Wildman–Crippen MR) is 110 cm³/mol. The van der Waals surface area contributed by atoms with Gasteiger partial charge in [-0.15, -0.1) is 0 Å². The quantitative estimate of drug-likeness (QED) is 0.473. The lowest BCUT2D eigenvalue weighted by Crippen LogP contribution is -2.12. The minimum absolute atomic E-state index is 0.166. The molecule has 4 rings (SSSR count). The van der Waals surface area contributed by atoms with E-state index in [1.165, 1.54) is 0 Å². The molecule has 140 valence electrons. The van der Waals surface area contributed by atoms with Crippen LogP contribution in [-0.2, 0) is 6.42 Å². The molecule has 0 bridgehead atoms. The maximum Gasteiger partial charge on any atom is 0.235 e. The molecule has 4 heteroatoms. The zero-order valence-electron chi connectivity index (χ0n) is 15.6. The third-order valence-electron chi connectivity index (χ3n) is 4.59. The van der Waals surface area contributed by atoms with Crippen LogP contribution in [0.5, 0.6) is 11.5 Å². The van der Waals surface area contributed by atoms with E-state index in [1.807, 2.05) is 66.7 Å². The van der Waals surface area contributed by atoms with Crippen molar-refractivity contribution in [2.24, 2.45) is 0 Å². The normalized spacial score (nSPS) is 10.8. The van der Waals surface area contributed by atoms with Crippen LogP contribution >= 0.6 is 0 Å². The van der Waals surface area contributed by atoms with Gasteiger partial charge in [0.1, 0.15) is 11.3 Å². The van der Waals surface area contributed by atoms with Gasteiger partial charge in [-0.25, -0.2) is 0 Å². The van der Waals surface area contributed by atoms with Crippen molar-refractivity contribution in [3.05, 3.63) is 94.6 Å². The Morgan fingerprint density at radius 3 is 2.32 bits per heavy atom. The summed E-state index contributed by atoms with van der Waals surface area (Å²) in [6, 6.07) is 24.6. The molecular weight excluding hydrogens is 352 g/mol. The van der Waals surface area contributed by atoms with Crippen molar-refractivity contribution < 1.29 is 13.9 Å². The minimum atomic E-state index is -0.166. The predicted octanol–water partition coefficient (Wildman–Crippen LogP) is 5.09. The van der Waals surface area contributed by atoms with Gasteiger partial charge in [-0.2, -0.15) is 0 Å². The molecule has 0 amide bonds. The average Bonchev–Trinajstić information content (AvgIpc) is 2.76. The highest BCUT2D eigenvalue weighted by Gasteiger charge is 2.17. The highest BCUT2D eigenvalue weighted by atomic mass is 16.5. The van der Waals surface area contributed by atoms with Crippen LogP contribution in [0.4, 0.5) is 0 Å². The lowest BCUT2D eigenvalue weighted by Gasteiger charge is -2.12. The van der Waals surface area contributed by atoms with Crippen molar-refractivity contribution in [1.29, 1.82) is 0 Å². The molecule has 0 radical (unpaired) electrons. The second-order valence-electron chi connectivity index (χ2n) is 6.40. The molecule has 0 aliphatic heterocycles. The summed E-state index contributed by atoms with van der Waals surface area (Å²) >= 11 is 0. The van der Waals surface area contributed by atoms with E-state index >= 15 is 0 Å². The Bertz CT molecular complexity index is 1130. The fourth-order valence-corrected chi connectivity index (χ4v) is 3.10. The molecule has 0 fully saturated rings. The lowest BCUT2D eigenvalue weighted by molar-refractivity contribution is 0.313. The van der Waals surface area contributed by atoms with Gasteiger partial charge in [-0.05, 0) is 42.0 Å². The monoisotopic (exact) mass is 372 g/mol. The van der Waals surface area contributed by atoms with Gasteiger partial charge in [-0.3, -0.25) is 4.79 Å². The van der Waals surface area contributed by atoms with Crippen LogP contribution in [0.3, 0.4) is 0 Å². The van der Waals surface area contributed by atoms with E-state index < -0.39 is 0 Å². The van der Waals surface area contributed by atoms with Crippen LogP contribution in [0.15, 0.2) is 88.1 Å². The van der Waals surface area contributed by atoms with Crippen molar-refractivity contribution >= 4 is 11.0 Å². The molecule has 1 aromatic heterocycles. The van der Waals surface area contributed by atoms with Crippen molar-refractivity contribution in [2.45, 2.75) is 6.42 Å². The number of hydrogen-bond donors (Lipinski definition) is 0. The topological polar surface area (TPSA) is 48.7 Å². The molecule has 0 spiro atoms. The van der Waals surface area contributed by atoms with Gasteiger partial charge in [0.25, 0.3) is 0 Å². The van der Waals surface area contributed by atoms with Crippen molar-refractivity contribution in [3.8, 4) is 22.8 Å². The van der Waals surface area contributed by atoms with Crippen molar-refractivity contribution in [1.82, 2.24) is 0 Å². The number of fused-ring (bicyclic) bond motifs is 1. The first-order valence-corrected chi connectivity index (χ1v) is 9.13. The number of ether oxygens (including phenoxy) is 2. The first-order chi connectivity index (χ1) is 13.8. The van der Waals surface area contributed by atoms with E-state index in [0.717, 1.165) is 16.9 Å². The molecule has 0 saturated carbocycles. The lowest BCUT2D eigenvalue weighted by atomic mass is 10.1. The molecule has 0 aliphatic carbocycles. The molecule has 3 aromatic carbocycles. The van der Waals surface area contributed by atoms with E-state index in [9.17, 15) is 4.79 Å². The van der Waals surface area contributed by atoms with E-state index in [0.29, 0.717) is 29.8 Å². The van der Waals surface area contributed by atoms with Crippen molar-refractivity contribution in [2.75, 3.05) is 13.7 Å². The van der Waals surface area contributed by atoms with E-state index in [4.69, 9.17) is 13.9 Å². The van der Waals surface area contributed by atoms with Crippen LogP contribution in [0.25, 0.3) is 22.3 Å². The largest absolute Gasteiger partial charge is 0.497 e. The third kappa shape index (κ3) is 3.62. The third-order valence-corrected chi connectivity index (χ3v) is 4.59. The molecule has 1 heterocycles. The van der Waals surface area contributed by atoms with Crippen LogP contribution < -0.4 is 14.9 Å². The second-order valence-corrected chi connectivity index (χ2v) is 6.40. The summed E-state index contributed by atoms with van der Waals surface area (Å²) in [5.41, 5.74) is 2.28.